The van der Waals surface area contributed by atoms with E-state index in [0.29, 0.717) is 5.92 Å². The average molecular weight is 228 g/mol. The molecule has 0 radical (unpaired) electrons. The third-order valence-electron chi connectivity index (χ3n) is 3.93. The lowest BCUT2D eigenvalue weighted by Crippen LogP contribution is -2.52. The van der Waals surface area contributed by atoms with Gasteiger partial charge in [-0.3, -0.25) is 4.79 Å². The zero-order valence-electron chi connectivity index (χ0n) is 9.89. The largest absolute Gasteiger partial charge is 0.394 e. The van der Waals surface area contributed by atoms with Crippen LogP contribution in [0.2, 0.25) is 0 Å². The molecule has 1 aliphatic carbocycles. The molecule has 1 saturated heterocycles. The predicted molar refractivity (Wildman–Crippen MR) is 57.8 cm³/mol. The molecule has 1 heterocycles. The molecule has 0 aromatic rings. The molecule has 4 nitrogen and oxygen atoms in total. The third-order valence-corrected chi connectivity index (χ3v) is 3.93. The van der Waals surface area contributed by atoms with Gasteiger partial charge in [-0.25, -0.2) is 0 Å². The van der Waals surface area contributed by atoms with E-state index in [1.54, 1.807) is 0 Å². The van der Waals surface area contributed by atoms with Crippen molar-refractivity contribution in [2.45, 2.75) is 38.6 Å². The molecule has 1 N–H and O–H groups in total. The van der Waals surface area contributed by atoms with Crippen molar-refractivity contribution in [2.75, 3.05) is 13.7 Å². The van der Waals surface area contributed by atoms with E-state index in [9.17, 15) is 9.90 Å². The second-order valence-electron chi connectivity index (χ2n) is 5.02. The molecule has 16 heavy (non-hydrogen) atoms. The van der Waals surface area contributed by atoms with Gasteiger partial charge in [0.2, 0.25) is 6.29 Å². The number of hydrogen-bond acceptors (Lipinski definition) is 4. The first-order valence-electron chi connectivity index (χ1n) is 6.00. The van der Waals surface area contributed by atoms with Crippen molar-refractivity contribution in [2.24, 2.45) is 17.8 Å². The molecule has 1 aliphatic heterocycles. The molecule has 0 amide bonds. The first-order chi connectivity index (χ1) is 7.67. The van der Waals surface area contributed by atoms with Crippen molar-refractivity contribution in [3.05, 3.63) is 0 Å². The maximum absolute atomic E-state index is 12.1. The number of carbonyl (C=O) groups is 1. The summed E-state index contributed by atoms with van der Waals surface area (Å²) in [5.41, 5.74) is 0. The van der Waals surface area contributed by atoms with Crippen LogP contribution >= 0.6 is 0 Å². The summed E-state index contributed by atoms with van der Waals surface area (Å²) >= 11 is 0. The molecule has 2 rings (SSSR count). The molecule has 4 heteroatoms. The maximum Gasteiger partial charge on any atom is 0.218 e. The van der Waals surface area contributed by atoms with Gasteiger partial charge < -0.3 is 14.6 Å². The summed E-state index contributed by atoms with van der Waals surface area (Å²) < 4.78 is 10.5. The monoisotopic (exact) mass is 228 g/mol. The zero-order valence-corrected chi connectivity index (χ0v) is 9.89. The summed E-state index contributed by atoms with van der Waals surface area (Å²) in [6.45, 7) is 2.15. The van der Waals surface area contributed by atoms with Gasteiger partial charge in [0, 0.05) is 13.0 Å². The fourth-order valence-electron chi connectivity index (χ4n) is 3.03. The highest BCUT2D eigenvalue weighted by Gasteiger charge is 2.46. The van der Waals surface area contributed by atoms with E-state index in [1.807, 2.05) is 0 Å². The molecule has 92 valence electrons. The zero-order chi connectivity index (χ0) is 11.7. The molecular formula is C12H20O4. The normalized spacial score (nSPS) is 44.2. The first kappa shape index (κ1) is 12.0. The summed E-state index contributed by atoms with van der Waals surface area (Å²) in [7, 11) is 1.48. The van der Waals surface area contributed by atoms with Crippen molar-refractivity contribution >= 4 is 5.78 Å². The Bertz CT molecular complexity index is 266. The third kappa shape index (κ3) is 2.01. The number of hydrogen-bond donors (Lipinski definition) is 1. The highest BCUT2D eigenvalue weighted by Crippen LogP contribution is 2.41. The van der Waals surface area contributed by atoms with Gasteiger partial charge in [-0.05, 0) is 24.7 Å². The Labute approximate surface area is 95.9 Å². The highest BCUT2D eigenvalue weighted by molar-refractivity contribution is 5.85. The van der Waals surface area contributed by atoms with E-state index in [2.05, 4.69) is 6.92 Å². The van der Waals surface area contributed by atoms with Gasteiger partial charge in [0.05, 0.1) is 12.7 Å². The van der Waals surface area contributed by atoms with E-state index < -0.39 is 6.29 Å². The number of aliphatic hydroxyl groups excluding tert-OH is 1. The van der Waals surface area contributed by atoms with Crippen LogP contribution < -0.4 is 0 Å². The van der Waals surface area contributed by atoms with E-state index in [4.69, 9.17) is 9.47 Å². The SMILES string of the molecule is CO[C@@H]1O[C@H](CO)[C@H]2CCC(C)C[C@H]2C1=O. The summed E-state index contributed by atoms with van der Waals surface area (Å²) in [5.74, 6) is 0.837. The van der Waals surface area contributed by atoms with Crippen LogP contribution in [-0.4, -0.2) is 37.0 Å². The molecule has 5 atom stereocenters. The molecule has 2 fully saturated rings. The molecule has 2 aliphatic rings. The minimum Gasteiger partial charge on any atom is -0.394 e. The average Bonchev–Trinajstić information content (AvgIpc) is 2.30. The van der Waals surface area contributed by atoms with Crippen LogP contribution in [0.15, 0.2) is 0 Å². The molecule has 0 aromatic carbocycles. The Balaban J connectivity index is 2.16. The Morgan fingerprint density at radius 2 is 2.25 bits per heavy atom. The number of ketones is 1. The molecule has 0 bridgehead atoms. The highest BCUT2D eigenvalue weighted by atomic mass is 16.7. The van der Waals surface area contributed by atoms with Crippen molar-refractivity contribution < 1.29 is 19.4 Å². The van der Waals surface area contributed by atoms with Crippen LogP contribution in [-0.2, 0) is 14.3 Å². The maximum atomic E-state index is 12.1. The van der Waals surface area contributed by atoms with E-state index in [-0.39, 0.29) is 30.3 Å². The van der Waals surface area contributed by atoms with Gasteiger partial charge >= 0.3 is 0 Å². The Hall–Kier alpha value is -0.450. The Kier molecular flexibility index (Phi) is 3.62. The van der Waals surface area contributed by atoms with Crippen molar-refractivity contribution in [3.63, 3.8) is 0 Å². The number of aliphatic hydroxyl groups is 1. The van der Waals surface area contributed by atoms with E-state index >= 15 is 0 Å². The number of rotatable bonds is 2. The van der Waals surface area contributed by atoms with Crippen LogP contribution in [0.25, 0.3) is 0 Å². The fraction of sp³-hybridized carbons (Fsp3) is 0.917. The minimum absolute atomic E-state index is 0.0135. The van der Waals surface area contributed by atoms with Crippen LogP contribution in [0.4, 0.5) is 0 Å². The predicted octanol–water partition coefficient (Wildman–Crippen LogP) is 0.971. The lowest BCUT2D eigenvalue weighted by molar-refractivity contribution is -0.219. The summed E-state index contributed by atoms with van der Waals surface area (Å²) in [6.07, 6.45) is 1.98. The standard InChI is InChI=1S/C12H20O4/c1-7-3-4-8-9(5-7)11(14)12(15-2)16-10(8)6-13/h7-10,12-13H,3-6H2,1-2H3/t7?,8-,9+,10+,12+/m0/s1. The van der Waals surface area contributed by atoms with Crippen molar-refractivity contribution in [3.8, 4) is 0 Å². The van der Waals surface area contributed by atoms with Crippen molar-refractivity contribution in [1.82, 2.24) is 0 Å². The summed E-state index contributed by atoms with van der Waals surface area (Å²) in [5, 5.41) is 9.30. The molecular weight excluding hydrogens is 208 g/mol. The second-order valence-corrected chi connectivity index (χ2v) is 5.02. The number of Topliss-reactive ketones (excluding diaryl/α,β-unsaturated/α-hetero) is 1. The topological polar surface area (TPSA) is 55.8 Å². The van der Waals surface area contributed by atoms with Crippen LogP contribution in [0.5, 0.6) is 0 Å². The van der Waals surface area contributed by atoms with E-state index in [0.717, 1.165) is 19.3 Å². The smallest absolute Gasteiger partial charge is 0.218 e. The number of carbonyl (C=O) groups excluding carboxylic acids is 1. The van der Waals surface area contributed by atoms with Gasteiger partial charge in [-0.1, -0.05) is 13.3 Å². The summed E-state index contributed by atoms with van der Waals surface area (Å²) in [6, 6.07) is 0. The van der Waals surface area contributed by atoms with Crippen LogP contribution in [0.1, 0.15) is 26.2 Å². The molecule has 0 aromatic heterocycles. The molecule has 0 spiro atoms. The van der Waals surface area contributed by atoms with Gasteiger partial charge in [0.15, 0.2) is 5.78 Å². The first-order valence-corrected chi connectivity index (χ1v) is 6.00. The van der Waals surface area contributed by atoms with Crippen LogP contribution in [0, 0.1) is 17.8 Å². The lowest BCUT2D eigenvalue weighted by atomic mass is 9.69. The van der Waals surface area contributed by atoms with Crippen molar-refractivity contribution in [1.29, 1.82) is 0 Å². The molecule has 1 saturated carbocycles. The van der Waals surface area contributed by atoms with E-state index in [1.165, 1.54) is 7.11 Å². The number of ether oxygens (including phenoxy) is 2. The van der Waals surface area contributed by atoms with Gasteiger partial charge in [0.1, 0.15) is 0 Å². The summed E-state index contributed by atoms with van der Waals surface area (Å²) in [4.78, 5) is 12.1. The van der Waals surface area contributed by atoms with Gasteiger partial charge in [-0.2, -0.15) is 0 Å². The van der Waals surface area contributed by atoms with Crippen LogP contribution in [0.3, 0.4) is 0 Å². The van der Waals surface area contributed by atoms with Gasteiger partial charge in [0.25, 0.3) is 0 Å². The second kappa shape index (κ2) is 4.82. The molecule has 1 unspecified atom stereocenters. The fourth-order valence-corrected chi connectivity index (χ4v) is 3.03. The minimum atomic E-state index is -0.774. The quantitative estimate of drug-likeness (QED) is 0.765. The lowest BCUT2D eigenvalue weighted by Gasteiger charge is -2.43. The van der Waals surface area contributed by atoms with Gasteiger partial charge in [-0.15, -0.1) is 0 Å². The Morgan fingerprint density at radius 1 is 1.50 bits per heavy atom. The number of methoxy groups -OCH3 is 1. The number of fused-ring (bicyclic) bond motifs is 1. The Morgan fingerprint density at radius 3 is 2.88 bits per heavy atom.